The zero-order valence-corrected chi connectivity index (χ0v) is 13.3. The van der Waals surface area contributed by atoms with Crippen LogP contribution >= 0.6 is 22.6 Å². The van der Waals surface area contributed by atoms with Crippen LogP contribution in [0, 0.1) is 9.39 Å². The van der Waals surface area contributed by atoms with Gasteiger partial charge in [0.15, 0.2) is 0 Å². The first-order valence-corrected chi connectivity index (χ1v) is 7.43. The van der Waals surface area contributed by atoms with E-state index in [-0.39, 0.29) is 17.3 Å². The summed E-state index contributed by atoms with van der Waals surface area (Å²) >= 11 is 1.99. The maximum atomic E-state index is 13.0. The second-order valence-corrected chi connectivity index (χ2v) is 6.44. The van der Waals surface area contributed by atoms with Crippen molar-refractivity contribution in [2.75, 3.05) is 20.6 Å². The van der Waals surface area contributed by atoms with E-state index in [1.165, 1.54) is 24.6 Å². The Labute approximate surface area is 126 Å². The molecule has 3 nitrogen and oxygen atoms in total. The lowest BCUT2D eigenvalue weighted by Gasteiger charge is -2.47. The van der Waals surface area contributed by atoms with Crippen LogP contribution in [0.2, 0.25) is 0 Å². The van der Waals surface area contributed by atoms with E-state index in [0.29, 0.717) is 15.7 Å². The van der Waals surface area contributed by atoms with Crippen molar-refractivity contribution in [2.45, 2.75) is 24.8 Å². The topological polar surface area (TPSA) is 32.3 Å². The van der Waals surface area contributed by atoms with Gasteiger partial charge in [-0.2, -0.15) is 0 Å². The van der Waals surface area contributed by atoms with Gasteiger partial charge in [0.25, 0.3) is 5.91 Å². The first-order valence-electron chi connectivity index (χ1n) is 6.35. The molecule has 0 spiro atoms. The third-order valence-corrected chi connectivity index (χ3v) is 4.88. The van der Waals surface area contributed by atoms with Crippen LogP contribution in [0.25, 0.3) is 0 Å². The smallest absolute Gasteiger partial charge is 0.252 e. The molecule has 1 fully saturated rings. The fourth-order valence-corrected chi connectivity index (χ4v) is 3.10. The highest BCUT2D eigenvalue weighted by atomic mass is 127. The first-order chi connectivity index (χ1) is 8.94. The van der Waals surface area contributed by atoms with Crippen molar-refractivity contribution in [1.82, 2.24) is 10.2 Å². The molecule has 0 atom stereocenters. The normalized spacial score (nSPS) is 17.1. The van der Waals surface area contributed by atoms with E-state index in [1.807, 2.05) is 36.7 Å². The van der Waals surface area contributed by atoms with Crippen LogP contribution in [-0.4, -0.2) is 37.0 Å². The lowest BCUT2D eigenvalue weighted by molar-refractivity contribution is 0.0557. The summed E-state index contributed by atoms with van der Waals surface area (Å²) in [4.78, 5) is 14.3. The maximum Gasteiger partial charge on any atom is 0.252 e. The molecule has 1 N–H and O–H groups in total. The summed E-state index contributed by atoms with van der Waals surface area (Å²) in [5.74, 6) is -0.442. The Morgan fingerprint density at radius 2 is 2.16 bits per heavy atom. The Hall–Kier alpha value is -0.690. The van der Waals surface area contributed by atoms with E-state index >= 15 is 0 Å². The van der Waals surface area contributed by atoms with Gasteiger partial charge in [-0.3, -0.25) is 4.79 Å². The molecule has 104 valence electrons. The van der Waals surface area contributed by atoms with Crippen molar-refractivity contribution in [2.24, 2.45) is 0 Å². The van der Waals surface area contributed by atoms with Gasteiger partial charge in [-0.15, -0.1) is 0 Å². The number of benzene rings is 1. The van der Waals surface area contributed by atoms with Crippen molar-refractivity contribution < 1.29 is 9.18 Å². The molecular formula is C14H18FIN2O. The highest BCUT2D eigenvalue weighted by Crippen LogP contribution is 2.35. The summed E-state index contributed by atoms with van der Waals surface area (Å²) in [6.07, 6.45) is 3.43. The zero-order valence-electron chi connectivity index (χ0n) is 11.2. The zero-order chi connectivity index (χ0) is 14.0. The van der Waals surface area contributed by atoms with Gasteiger partial charge in [0.1, 0.15) is 5.82 Å². The molecule has 0 heterocycles. The van der Waals surface area contributed by atoms with E-state index in [2.05, 4.69) is 10.2 Å². The second-order valence-electron chi connectivity index (χ2n) is 5.28. The average molecular weight is 376 g/mol. The van der Waals surface area contributed by atoms with Crippen LogP contribution < -0.4 is 5.32 Å². The van der Waals surface area contributed by atoms with E-state index in [0.717, 1.165) is 12.8 Å². The van der Waals surface area contributed by atoms with Gasteiger partial charge >= 0.3 is 0 Å². The van der Waals surface area contributed by atoms with Gasteiger partial charge < -0.3 is 10.2 Å². The molecular weight excluding hydrogens is 358 g/mol. The van der Waals surface area contributed by atoms with Crippen molar-refractivity contribution in [3.8, 4) is 0 Å². The number of carbonyl (C=O) groups is 1. The molecule has 1 aromatic carbocycles. The van der Waals surface area contributed by atoms with Crippen molar-refractivity contribution in [3.63, 3.8) is 0 Å². The lowest BCUT2D eigenvalue weighted by atomic mass is 9.75. The maximum absolute atomic E-state index is 13.0. The average Bonchev–Trinajstić information content (AvgIpc) is 2.26. The third-order valence-electron chi connectivity index (χ3n) is 3.99. The van der Waals surface area contributed by atoms with Crippen LogP contribution in [0.4, 0.5) is 4.39 Å². The highest BCUT2D eigenvalue weighted by Gasteiger charge is 2.39. The number of rotatable bonds is 4. The first kappa shape index (κ1) is 14.7. The molecule has 5 heteroatoms. The van der Waals surface area contributed by atoms with Crippen molar-refractivity contribution in [3.05, 3.63) is 33.1 Å². The van der Waals surface area contributed by atoms with Crippen molar-refractivity contribution in [1.29, 1.82) is 0 Å². The predicted octanol–water partition coefficient (Wildman–Crippen LogP) is 2.64. The Kier molecular flexibility index (Phi) is 4.45. The quantitative estimate of drug-likeness (QED) is 0.820. The Morgan fingerprint density at radius 1 is 1.47 bits per heavy atom. The van der Waals surface area contributed by atoms with Gasteiger partial charge in [-0.05, 0) is 74.1 Å². The molecule has 0 aliphatic heterocycles. The summed E-state index contributed by atoms with van der Waals surface area (Å²) in [5, 5.41) is 2.98. The van der Waals surface area contributed by atoms with E-state index in [4.69, 9.17) is 0 Å². The number of nitrogens with one attached hydrogen (secondary N) is 1. The molecule has 0 aromatic heterocycles. The summed E-state index contributed by atoms with van der Waals surface area (Å²) in [6.45, 7) is 0.645. The summed E-state index contributed by atoms with van der Waals surface area (Å²) in [7, 11) is 4.10. The van der Waals surface area contributed by atoms with E-state index < -0.39 is 0 Å². The van der Waals surface area contributed by atoms with Gasteiger partial charge in [0, 0.05) is 15.7 Å². The molecule has 1 aliphatic carbocycles. The number of carbonyl (C=O) groups excluding carboxylic acids is 1. The van der Waals surface area contributed by atoms with Crippen molar-refractivity contribution >= 4 is 28.5 Å². The highest BCUT2D eigenvalue weighted by molar-refractivity contribution is 14.1. The number of hydrogen-bond acceptors (Lipinski definition) is 2. The Bertz CT molecular complexity index is 486. The molecule has 1 aliphatic rings. The standard InChI is InChI=1S/C14H18FIN2O/c1-18(2)14(6-3-7-14)9-17-13(19)11-5-4-10(15)8-12(11)16/h4-5,8H,3,6-7,9H2,1-2H3,(H,17,19). The van der Waals surface area contributed by atoms with Crippen LogP contribution in [0.3, 0.4) is 0 Å². The number of nitrogens with zero attached hydrogens (tertiary/aromatic N) is 1. The van der Waals surface area contributed by atoms with Crippen LogP contribution in [-0.2, 0) is 0 Å². The minimum Gasteiger partial charge on any atom is -0.350 e. The van der Waals surface area contributed by atoms with Gasteiger partial charge in [-0.1, -0.05) is 0 Å². The molecule has 0 saturated heterocycles. The van der Waals surface area contributed by atoms with Gasteiger partial charge in [-0.25, -0.2) is 4.39 Å². The number of likely N-dealkylation sites (N-methyl/N-ethyl adjacent to an activating group) is 1. The fourth-order valence-electron chi connectivity index (χ4n) is 2.38. The minimum atomic E-state index is -0.315. The third kappa shape index (κ3) is 3.08. The monoisotopic (exact) mass is 376 g/mol. The molecule has 1 amide bonds. The summed E-state index contributed by atoms with van der Waals surface area (Å²) in [6, 6.07) is 4.23. The molecule has 19 heavy (non-hydrogen) atoms. The van der Waals surface area contributed by atoms with Gasteiger partial charge in [0.05, 0.1) is 5.56 Å². The number of hydrogen-bond donors (Lipinski definition) is 1. The number of amides is 1. The van der Waals surface area contributed by atoms with Crippen LogP contribution in [0.15, 0.2) is 18.2 Å². The Morgan fingerprint density at radius 3 is 2.63 bits per heavy atom. The molecule has 1 aromatic rings. The molecule has 1 saturated carbocycles. The van der Waals surface area contributed by atoms with Crippen LogP contribution in [0.5, 0.6) is 0 Å². The second kappa shape index (κ2) is 5.75. The van der Waals surface area contributed by atoms with Crippen LogP contribution in [0.1, 0.15) is 29.6 Å². The molecule has 0 radical (unpaired) electrons. The predicted molar refractivity (Wildman–Crippen MR) is 81.7 cm³/mol. The Balaban J connectivity index is 2.01. The SMILES string of the molecule is CN(C)C1(CNC(=O)c2ccc(F)cc2I)CCC1. The minimum absolute atomic E-state index is 0.0983. The fraction of sp³-hybridized carbons (Fsp3) is 0.500. The molecule has 0 unspecified atom stereocenters. The largest absolute Gasteiger partial charge is 0.350 e. The lowest BCUT2D eigenvalue weighted by Crippen LogP contribution is -2.57. The molecule has 2 rings (SSSR count). The summed E-state index contributed by atoms with van der Waals surface area (Å²) in [5.41, 5.74) is 0.636. The molecule has 0 bridgehead atoms. The van der Waals surface area contributed by atoms with E-state index in [1.54, 1.807) is 0 Å². The summed E-state index contributed by atoms with van der Waals surface area (Å²) < 4.78 is 13.7. The van der Waals surface area contributed by atoms with Gasteiger partial charge in [0.2, 0.25) is 0 Å². The van der Waals surface area contributed by atoms with E-state index in [9.17, 15) is 9.18 Å². The number of halogens is 2.